The number of hydrogen-bond acceptors (Lipinski definition) is 5. The first kappa shape index (κ1) is 36.3. The summed E-state index contributed by atoms with van der Waals surface area (Å²) >= 11 is 0. The zero-order valence-corrected chi connectivity index (χ0v) is 29.7. The van der Waals surface area contributed by atoms with Crippen LogP contribution >= 0.6 is 0 Å². The monoisotopic (exact) mass is 696 g/mol. The van der Waals surface area contributed by atoms with Crippen LogP contribution in [-0.2, 0) is 16.1 Å². The van der Waals surface area contributed by atoms with Gasteiger partial charge in [-0.1, -0.05) is 84.6 Å². The van der Waals surface area contributed by atoms with Crippen LogP contribution in [0.1, 0.15) is 87.8 Å². The zero-order valence-electron chi connectivity index (χ0n) is 29.7. The van der Waals surface area contributed by atoms with E-state index >= 15 is 0 Å². The van der Waals surface area contributed by atoms with Gasteiger partial charge in [-0.25, -0.2) is 4.98 Å². The predicted molar refractivity (Wildman–Crippen MR) is 205 cm³/mol. The lowest BCUT2D eigenvalue weighted by molar-refractivity contribution is -0.122. The Kier molecular flexibility index (Phi) is 12.3. The summed E-state index contributed by atoms with van der Waals surface area (Å²) in [6.07, 6.45) is 9.16. The molecule has 2 heterocycles. The number of aromatic nitrogens is 3. The van der Waals surface area contributed by atoms with Gasteiger partial charge in [0, 0.05) is 49.5 Å². The largest absolute Gasteiger partial charge is 0.393 e. The van der Waals surface area contributed by atoms with Crippen molar-refractivity contribution in [3.05, 3.63) is 108 Å². The number of primary amides is 1. The molecule has 1 aliphatic rings. The second-order valence-corrected chi connectivity index (χ2v) is 13.7. The summed E-state index contributed by atoms with van der Waals surface area (Å²) in [6.45, 7) is 1.17. The number of carbonyl (C=O) groups is 2. The summed E-state index contributed by atoms with van der Waals surface area (Å²) in [4.78, 5) is 27.9. The fourth-order valence-corrected chi connectivity index (χ4v) is 7.15. The number of fused-ring (bicyclic) bond motifs is 1. The highest BCUT2D eigenvalue weighted by molar-refractivity contribution is 6.02. The smallest absolute Gasteiger partial charge is 0.219 e. The SMILES string of the molecule is N=c1c2c(-c3ccccc3)c(-c3ccccc3)n(Cc3cccc(C#CCCCCNC(=O)CCCCC(N)=O)c3)c2ncn1C1CCC(O)CC1. The molecule has 9 heteroatoms. The molecule has 9 nitrogen and oxygen atoms in total. The molecular formula is C43H48N6O3. The fraction of sp³-hybridized carbons (Fsp3) is 0.349. The van der Waals surface area contributed by atoms with Crippen LogP contribution in [0.5, 0.6) is 0 Å². The maximum absolute atomic E-state index is 12.0. The predicted octanol–water partition coefficient (Wildman–Crippen LogP) is 6.86. The van der Waals surface area contributed by atoms with Gasteiger partial charge in [0.2, 0.25) is 11.8 Å². The molecule has 1 fully saturated rings. The summed E-state index contributed by atoms with van der Waals surface area (Å²) in [7, 11) is 0. The molecular weight excluding hydrogens is 649 g/mol. The number of aliphatic hydroxyl groups is 1. The Morgan fingerprint density at radius 2 is 1.60 bits per heavy atom. The number of unbranched alkanes of at least 4 members (excludes halogenated alkanes) is 3. The fourth-order valence-electron chi connectivity index (χ4n) is 7.15. The number of carbonyl (C=O) groups excluding carboxylic acids is 2. The number of amides is 2. The van der Waals surface area contributed by atoms with Gasteiger partial charge in [-0.05, 0) is 80.2 Å². The molecule has 1 aliphatic carbocycles. The van der Waals surface area contributed by atoms with E-state index < -0.39 is 0 Å². The average Bonchev–Trinajstić information content (AvgIpc) is 3.49. The highest BCUT2D eigenvalue weighted by Gasteiger charge is 2.26. The van der Waals surface area contributed by atoms with Gasteiger partial charge in [0.1, 0.15) is 11.1 Å². The summed E-state index contributed by atoms with van der Waals surface area (Å²) < 4.78 is 4.26. The number of nitrogens with zero attached hydrogens (tertiary/aromatic N) is 3. The molecule has 0 aliphatic heterocycles. The first-order valence-electron chi connectivity index (χ1n) is 18.5. The van der Waals surface area contributed by atoms with Gasteiger partial charge in [-0.15, -0.1) is 0 Å². The summed E-state index contributed by atoms with van der Waals surface area (Å²) in [6, 6.07) is 29.1. The quantitative estimate of drug-likeness (QED) is 0.0745. The number of nitrogens with one attached hydrogen (secondary N) is 2. The molecule has 6 rings (SSSR count). The first-order chi connectivity index (χ1) is 25.4. The van der Waals surface area contributed by atoms with Crippen molar-refractivity contribution in [2.75, 3.05) is 6.54 Å². The van der Waals surface area contributed by atoms with Crippen LogP contribution in [0.2, 0.25) is 0 Å². The molecule has 5 N–H and O–H groups in total. The van der Waals surface area contributed by atoms with Gasteiger partial charge < -0.3 is 25.3 Å². The Hall–Kier alpha value is -5.46. The Morgan fingerprint density at radius 3 is 2.33 bits per heavy atom. The Labute approximate surface area is 305 Å². The van der Waals surface area contributed by atoms with Crippen LogP contribution in [0.25, 0.3) is 33.4 Å². The van der Waals surface area contributed by atoms with Gasteiger partial charge in [0.15, 0.2) is 0 Å². The van der Waals surface area contributed by atoms with Gasteiger partial charge in [-0.3, -0.25) is 15.0 Å². The van der Waals surface area contributed by atoms with Gasteiger partial charge in [-0.2, -0.15) is 0 Å². The van der Waals surface area contributed by atoms with E-state index in [9.17, 15) is 20.1 Å². The molecule has 0 unspecified atom stereocenters. The molecule has 0 atom stereocenters. The van der Waals surface area contributed by atoms with Crippen LogP contribution in [-0.4, -0.2) is 43.7 Å². The van der Waals surface area contributed by atoms with Crippen molar-refractivity contribution in [2.24, 2.45) is 5.73 Å². The van der Waals surface area contributed by atoms with Crippen LogP contribution in [0.3, 0.4) is 0 Å². The molecule has 1 saturated carbocycles. The van der Waals surface area contributed by atoms with E-state index in [1.54, 1.807) is 0 Å². The van der Waals surface area contributed by atoms with Crippen molar-refractivity contribution in [3.63, 3.8) is 0 Å². The lowest BCUT2D eigenvalue weighted by Gasteiger charge is -2.27. The van der Waals surface area contributed by atoms with E-state index in [1.165, 1.54) is 0 Å². The second kappa shape index (κ2) is 17.7. The Morgan fingerprint density at radius 1 is 0.885 bits per heavy atom. The molecule has 5 aromatic rings. The molecule has 0 radical (unpaired) electrons. The van der Waals surface area contributed by atoms with E-state index in [-0.39, 0.29) is 24.0 Å². The lowest BCUT2D eigenvalue weighted by atomic mass is 9.93. The number of rotatable bonds is 14. The summed E-state index contributed by atoms with van der Waals surface area (Å²) in [5.41, 5.74) is 12.5. The molecule has 52 heavy (non-hydrogen) atoms. The van der Waals surface area contributed by atoms with Crippen LogP contribution in [0, 0.1) is 17.3 Å². The second-order valence-electron chi connectivity index (χ2n) is 13.7. The van der Waals surface area contributed by atoms with Crippen molar-refractivity contribution in [1.82, 2.24) is 19.4 Å². The summed E-state index contributed by atoms with van der Waals surface area (Å²) in [5.74, 6) is 6.32. The van der Waals surface area contributed by atoms with Crippen molar-refractivity contribution in [3.8, 4) is 34.2 Å². The normalized spacial score (nSPS) is 15.6. The molecule has 2 amide bonds. The van der Waals surface area contributed by atoms with E-state index in [4.69, 9.17) is 10.7 Å². The third-order valence-corrected chi connectivity index (χ3v) is 9.83. The summed E-state index contributed by atoms with van der Waals surface area (Å²) in [5, 5.41) is 23.5. The van der Waals surface area contributed by atoms with Crippen molar-refractivity contribution in [2.45, 2.75) is 89.3 Å². The van der Waals surface area contributed by atoms with Crippen LogP contribution < -0.4 is 16.5 Å². The minimum atomic E-state index is -0.330. The molecule has 0 saturated heterocycles. The van der Waals surface area contributed by atoms with Crippen LogP contribution in [0.4, 0.5) is 0 Å². The highest BCUT2D eigenvalue weighted by Crippen LogP contribution is 2.40. The maximum atomic E-state index is 12.0. The van der Waals surface area contributed by atoms with E-state index in [1.807, 2.05) is 59.4 Å². The zero-order chi connectivity index (χ0) is 36.3. The van der Waals surface area contributed by atoms with Gasteiger partial charge >= 0.3 is 0 Å². The van der Waals surface area contributed by atoms with Gasteiger partial charge in [0.05, 0.1) is 23.5 Å². The third kappa shape index (κ3) is 9.06. The minimum Gasteiger partial charge on any atom is -0.393 e. The Balaban J connectivity index is 1.24. The standard InChI is InChI=1S/C43H48N6O3/c44-37(51)21-10-11-22-38(52)46-27-12-2-1-5-14-31-15-13-16-32(28-31)29-48-41(34-19-8-4-9-20-34)39(33-17-6-3-7-18-33)40-42(45)49(30-47-43(40)48)35-23-25-36(50)26-24-35/h3-4,6-9,13,15-20,28,30,35-36,45,50H,1-2,10-12,21-27,29H2,(H2,44,51)(H,46,52). The minimum absolute atomic E-state index is 0.00690. The van der Waals surface area contributed by atoms with E-state index in [2.05, 4.69) is 58.1 Å². The highest BCUT2D eigenvalue weighted by atomic mass is 16.3. The topological polar surface area (TPSA) is 139 Å². The lowest BCUT2D eigenvalue weighted by Crippen LogP contribution is -2.29. The van der Waals surface area contributed by atoms with Gasteiger partial charge in [0.25, 0.3) is 0 Å². The maximum Gasteiger partial charge on any atom is 0.219 e. The Bertz CT molecular complexity index is 2100. The third-order valence-electron chi connectivity index (χ3n) is 9.83. The van der Waals surface area contributed by atoms with Crippen LogP contribution in [0.15, 0.2) is 91.3 Å². The molecule has 0 spiro atoms. The number of hydrogen-bond donors (Lipinski definition) is 4. The molecule has 3 aromatic carbocycles. The van der Waals surface area contributed by atoms with Crippen molar-refractivity contribution < 1.29 is 14.7 Å². The number of nitrogens with two attached hydrogens (primary N) is 1. The van der Waals surface area contributed by atoms with Crippen molar-refractivity contribution in [1.29, 1.82) is 5.41 Å². The first-order valence-corrected chi connectivity index (χ1v) is 18.5. The van der Waals surface area contributed by atoms with E-state index in [0.717, 1.165) is 89.5 Å². The van der Waals surface area contributed by atoms with E-state index in [0.29, 0.717) is 44.3 Å². The number of aliphatic hydroxyl groups excluding tert-OH is 1. The number of benzene rings is 3. The molecule has 268 valence electrons. The molecule has 2 aromatic heterocycles. The average molecular weight is 697 g/mol. The van der Waals surface area contributed by atoms with Crippen molar-refractivity contribution >= 4 is 22.8 Å². The molecule has 0 bridgehead atoms.